The van der Waals surface area contributed by atoms with Crippen LogP contribution < -0.4 is 0 Å². The van der Waals surface area contributed by atoms with E-state index in [0.717, 1.165) is 15.1 Å². The molecule has 0 unspecified atom stereocenters. The molecule has 0 saturated heterocycles. The number of fused-ring (bicyclic) bond motifs is 1. The maximum atomic E-state index is 5.96. The minimum absolute atomic E-state index is 0.830. The van der Waals surface area contributed by atoms with Crippen molar-refractivity contribution in [3.63, 3.8) is 0 Å². The Bertz CT molecular complexity index is 389. The van der Waals surface area contributed by atoms with Gasteiger partial charge in [0.05, 0.1) is 9.72 Å². The van der Waals surface area contributed by atoms with Gasteiger partial charge in [-0.15, -0.1) is 11.3 Å². The van der Waals surface area contributed by atoms with Gasteiger partial charge >= 0.3 is 0 Å². The van der Waals surface area contributed by atoms with E-state index in [1.807, 2.05) is 25.1 Å². The van der Waals surface area contributed by atoms with Gasteiger partial charge in [-0.25, -0.2) is 0 Å². The summed E-state index contributed by atoms with van der Waals surface area (Å²) in [4.78, 5) is 1.19. The smallest absolute Gasteiger partial charge is 0.0584 e. The van der Waals surface area contributed by atoms with Crippen molar-refractivity contribution in [1.82, 2.24) is 0 Å². The van der Waals surface area contributed by atoms with Crippen LogP contribution in [0.25, 0.3) is 10.1 Å². The average molecular weight is 182 g/mol. The summed E-state index contributed by atoms with van der Waals surface area (Å²) in [6, 6.07) is 9.13. The molecule has 0 aliphatic rings. The van der Waals surface area contributed by atoms with Crippen molar-refractivity contribution in [3.8, 4) is 0 Å². The third-order valence-electron chi connectivity index (χ3n) is 1.53. The highest BCUT2D eigenvalue weighted by molar-refractivity contribution is 7.19. The predicted molar refractivity (Wildman–Crippen MR) is 50.4 cm³/mol. The van der Waals surface area contributed by atoms with Crippen molar-refractivity contribution in [1.29, 1.82) is 0 Å². The number of thiophene rings is 1. The van der Waals surface area contributed by atoms with Gasteiger partial charge in [-0.3, -0.25) is 0 Å². The zero-order chi connectivity index (χ0) is 7.84. The zero-order valence-electron chi connectivity index (χ0n) is 6.02. The molecular formula is C9H6ClS. The minimum atomic E-state index is 0.830. The molecule has 2 heteroatoms. The highest BCUT2D eigenvalue weighted by Gasteiger charge is 2.00. The second kappa shape index (κ2) is 2.50. The fraction of sp³-hybridized carbons (Fsp3) is 0.111. The quantitative estimate of drug-likeness (QED) is 0.582. The van der Waals surface area contributed by atoms with E-state index in [-0.39, 0.29) is 0 Å². The number of aryl methyl sites for hydroxylation is 1. The van der Waals surface area contributed by atoms with E-state index in [2.05, 4.69) is 6.07 Å². The second-order valence-electron chi connectivity index (χ2n) is 2.40. The molecule has 2 rings (SSSR count). The van der Waals surface area contributed by atoms with Crippen molar-refractivity contribution in [3.05, 3.63) is 34.2 Å². The molecule has 1 aromatic carbocycles. The van der Waals surface area contributed by atoms with E-state index in [0.29, 0.717) is 0 Å². The lowest BCUT2D eigenvalue weighted by atomic mass is 10.2. The molecular weight excluding hydrogens is 176 g/mol. The molecule has 0 amide bonds. The number of benzene rings is 1. The Hall–Kier alpha value is -0.530. The number of rotatable bonds is 0. The molecule has 0 spiro atoms. The lowest BCUT2D eigenvalue weighted by Crippen LogP contribution is -1.62. The second-order valence-corrected chi connectivity index (χ2v) is 4.03. The van der Waals surface area contributed by atoms with Gasteiger partial charge < -0.3 is 0 Å². The van der Waals surface area contributed by atoms with Crippen molar-refractivity contribution in [2.75, 3.05) is 0 Å². The van der Waals surface area contributed by atoms with Crippen molar-refractivity contribution in [2.24, 2.45) is 0 Å². The van der Waals surface area contributed by atoms with Crippen LogP contribution >= 0.6 is 22.9 Å². The van der Waals surface area contributed by atoms with E-state index in [4.69, 9.17) is 11.6 Å². The van der Waals surface area contributed by atoms with E-state index in [1.54, 1.807) is 11.3 Å². The first-order valence-electron chi connectivity index (χ1n) is 3.34. The summed E-state index contributed by atoms with van der Waals surface area (Å²) in [5, 5.41) is 1.96. The fourth-order valence-corrected chi connectivity index (χ4v) is 2.23. The highest BCUT2D eigenvalue weighted by atomic mass is 35.5. The fourth-order valence-electron chi connectivity index (χ4n) is 1.08. The van der Waals surface area contributed by atoms with E-state index in [9.17, 15) is 0 Å². The minimum Gasteiger partial charge on any atom is -0.138 e. The molecule has 0 bridgehead atoms. The Morgan fingerprint density at radius 3 is 3.00 bits per heavy atom. The van der Waals surface area contributed by atoms with Crippen LogP contribution in [0.4, 0.5) is 0 Å². The Morgan fingerprint density at radius 2 is 2.27 bits per heavy atom. The third kappa shape index (κ3) is 1.15. The first-order chi connectivity index (χ1) is 5.27. The largest absolute Gasteiger partial charge is 0.138 e. The normalized spacial score (nSPS) is 10.7. The summed E-state index contributed by atoms with van der Waals surface area (Å²) in [5.41, 5.74) is 0. The van der Waals surface area contributed by atoms with Gasteiger partial charge in [-0.05, 0) is 13.0 Å². The zero-order valence-corrected chi connectivity index (χ0v) is 7.59. The predicted octanol–water partition coefficient (Wildman–Crippen LogP) is 3.66. The molecule has 1 radical (unpaired) electrons. The van der Waals surface area contributed by atoms with Gasteiger partial charge in [0.1, 0.15) is 0 Å². The summed E-state index contributed by atoms with van der Waals surface area (Å²) in [7, 11) is 0. The molecule has 0 aliphatic heterocycles. The van der Waals surface area contributed by atoms with Crippen LogP contribution in [0, 0.1) is 13.0 Å². The van der Waals surface area contributed by atoms with Crippen molar-refractivity contribution < 1.29 is 0 Å². The standard InChI is InChI=1S/C9H6ClS/c1-6-5-7-3-2-4-8(10)9(7)11-6/h2-4H,1H3. The molecule has 0 N–H and O–H groups in total. The molecule has 1 aromatic heterocycles. The highest BCUT2D eigenvalue weighted by Crippen LogP contribution is 2.30. The Kier molecular flexibility index (Phi) is 1.63. The van der Waals surface area contributed by atoms with Crippen molar-refractivity contribution in [2.45, 2.75) is 6.92 Å². The van der Waals surface area contributed by atoms with Gasteiger partial charge in [-0.1, -0.05) is 23.7 Å². The van der Waals surface area contributed by atoms with E-state index < -0.39 is 0 Å². The number of hydrogen-bond acceptors (Lipinski definition) is 1. The SMILES string of the molecule is Cc1[c]c2cccc(Cl)c2s1. The van der Waals surface area contributed by atoms with E-state index >= 15 is 0 Å². The van der Waals surface area contributed by atoms with Crippen LogP contribution in [0.5, 0.6) is 0 Å². The summed E-state index contributed by atoms with van der Waals surface area (Å²) < 4.78 is 1.15. The van der Waals surface area contributed by atoms with Gasteiger partial charge in [0.2, 0.25) is 0 Å². The Labute approximate surface area is 74.4 Å². The average Bonchev–Trinajstić information content (AvgIpc) is 2.31. The maximum Gasteiger partial charge on any atom is 0.0584 e. The van der Waals surface area contributed by atoms with Gasteiger partial charge in [0.15, 0.2) is 0 Å². The maximum absolute atomic E-state index is 5.96. The van der Waals surface area contributed by atoms with Crippen LogP contribution in [0.1, 0.15) is 4.88 Å². The molecule has 0 fully saturated rings. The van der Waals surface area contributed by atoms with Crippen LogP contribution in [0.15, 0.2) is 18.2 Å². The molecule has 0 atom stereocenters. The summed E-state index contributed by atoms with van der Waals surface area (Å²) >= 11 is 7.65. The van der Waals surface area contributed by atoms with Crippen LogP contribution in [-0.4, -0.2) is 0 Å². The summed E-state index contributed by atoms with van der Waals surface area (Å²) in [6.45, 7) is 2.04. The van der Waals surface area contributed by atoms with Crippen LogP contribution in [0.3, 0.4) is 0 Å². The van der Waals surface area contributed by atoms with Gasteiger partial charge in [0, 0.05) is 16.3 Å². The summed E-state index contributed by atoms with van der Waals surface area (Å²) in [5.74, 6) is 0. The lowest BCUT2D eigenvalue weighted by Gasteiger charge is -1.89. The van der Waals surface area contributed by atoms with Gasteiger partial charge in [0.25, 0.3) is 0 Å². The molecule has 1 heterocycles. The molecule has 2 aromatic rings. The van der Waals surface area contributed by atoms with Crippen LogP contribution in [0.2, 0.25) is 5.02 Å². The van der Waals surface area contributed by atoms with E-state index in [1.165, 1.54) is 4.88 Å². The lowest BCUT2D eigenvalue weighted by molar-refractivity contribution is 1.64. The molecule has 0 saturated carbocycles. The monoisotopic (exact) mass is 181 g/mol. The topological polar surface area (TPSA) is 0 Å². The number of halogens is 1. The van der Waals surface area contributed by atoms with Gasteiger partial charge in [-0.2, -0.15) is 0 Å². The van der Waals surface area contributed by atoms with Crippen molar-refractivity contribution >= 4 is 33.0 Å². The van der Waals surface area contributed by atoms with Crippen LogP contribution in [-0.2, 0) is 0 Å². The molecule has 11 heavy (non-hydrogen) atoms. The molecule has 0 nitrogen and oxygen atoms in total. The Morgan fingerprint density at radius 1 is 1.45 bits per heavy atom. The summed E-state index contributed by atoms with van der Waals surface area (Å²) in [6.07, 6.45) is 0. The Balaban J connectivity index is 2.90. The first-order valence-corrected chi connectivity index (χ1v) is 4.54. The molecule has 0 aliphatic carbocycles. The third-order valence-corrected chi connectivity index (χ3v) is 3.01. The molecule has 55 valence electrons. The number of hydrogen-bond donors (Lipinski definition) is 0. The first kappa shape index (κ1) is 7.14.